The van der Waals surface area contributed by atoms with Crippen LogP contribution in [0.15, 0.2) is 42.0 Å². The number of anilines is 1. The summed E-state index contributed by atoms with van der Waals surface area (Å²) in [4.78, 5) is 5.22. The number of pyridine rings is 1. The third kappa shape index (κ3) is 1.95. The number of thiophene rings is 2. The SMILES string of the molecule is Cn1nc(-c2cc3sccc3s2)c(-c2ccncc2)c1N. The van der Waals surface area contributed by atoms with Crippen molar-refractivity contribution in [2.75, 3.05) is 5.73 Å². The van der Waals surface area contributed by atoms with Crippen LogP contribution in [0.4, 0.5) is 5.82 Å². The smallest absolute Gasteiger partial charge is 0.129 e. The summed E-state index contributed by atoms with van der Waals surface area (Å²) in [6, 6.07) is 8.27. The van der Waals surface area contributed by atoms with Gasteiger partial charge < -0.3 is 5.73 Å². The first-order chi connectivity index (χ1) is 10.2. The van der Waals surface area contributed by atoms with Crippen LogP contribution < -0.4 is 5.73 Å². The van der Waals surface area contributed by atoms with Gasteiger partial charge in [0.2, 0.25) is 0 Å². The highest BCUT2D eigenvalue weighted by Gasteiger charge is 2.19. The number of aryl methyl sites for hydroxylation is 1. The lowest BCUT2D eigenvalue weighted by molar-refractivity contribution is 0.783. The van der Waals surface area contributed by atoms with E-state index in [-0.39, 0.29) is 0 Å². The van der Waals surface area contributed by atoms with Crippen LogP contribution >= 0.6 is 22.7 Å². The fourth-order valence-corrected chi connectivity index (χ4v) is 4.49. The van der Waals surface area contributed by atoms with Crippen LogP contribution in [0.25, 0.3) is 31.1 Å². The maximum atomic E-state index is 6.23. The number of aromatic nitrogens is 3. The summed E-state index contributed by atoms with van der Waals surface area (Å²) >= 11 is 3.50. The van der Waals surface area contributed by atoms with E-state index in [4.69, 9.17) is 5.73 Å². The van der Waals surface area contributed by atoms with E-state index in [1.807, 2.05) is 19.2 Å². The second kappa shape index (κ2) is 4.68. The number of nitrogens with zero attached hydrogens (tertiary/aromatic N) is 3. The summed E-state index contributed by atoms with van der Waals surface area (Å²) in [5.74, 6) is 0.674. The third-order valence-electron chi connectivity index (χ3n) is 3.43. The Morgan fingerprint density at radius 1 is 1.14 bits per heavy atom. The van der Waals surface area contributed by atoms with Gasteiger partial charge in [-0.05, 0) is 35.2 Å². The van der Waals surface area contributed by atoms with Crippen molar-refractivity contribution >= 4 is 37.9 Å². The molecule has 21 heavy (non-hydrogen) atoms. The first-order valence-corrected chi connectivity index (χ1v) is 8.14. The molecule has 0 aliphatic rings. The molecular weight excluding hydrogens is 300 g/mol. The Kier molecular flexibility index (Phi) is 2.80. The molecule has 0 saturated carbocycles. The lowest BCUT2D eigenvalue weighted by Crippen LogP contribution is -1.97. The van der Waals surface area contributed by atoms with Crippen LogP contribution in [0.1, 0.15) is 0 Å². The van der Waals surface area contributed by atoms with Gasteiger partial charge in [0.15, 0.2) is 0 Å². The number of rotatable bonds is 2. The van der Waals surface area contributed by atoms with Gasteiger partial charge >= 0.3 is 0 Å². The molecule has 4 heterocycles. The topological polar surface area (TPSA) is 56.7 Å². The van der Waals surface area contributed by atoms with E-state index >= 15 is 0 Å². The van der Waals surface area contributed by atoms with Gasteiger partial charge in [-0.15, -0.1) is 22.7 Å². The molecule has 6 heteroatoms. The molecule has 0 aliphatic carbocycles. The van der Waals surface area contributed by atoms with E-state index < -0.39 is 0 Å². The first-order valence-electron chi connectivity index (χ1n) is 6.44. The van der Waals surface area contributed by atoms with Crippen molar-refractivity contribution < 1.29 is 0 Å². The van der Waals surface area contributed by atoms with E-state index in [0.29, 0.717) is 5.82 Å². The van der Waals surface area contributed by atoms with Gasteiger partial charge in [0.05, 0.1) is 10.4 Å². The molecule has 0 aliphatic heterocycles. The molecule has 4 rings (SSSR count). The molecule has 0 unspecified atom stereocenters. The Labute approximate surface area is 129 Å². The van der Waals surface area contributed by atoms with Crippen molar-refractivity contribution in [3.63, 3.8) is 0 Å². The molecule has 4 aromatic heterocycles. The number of nitrogen functional groups attached to an aromatic ring is 1. The zero-order valence-electron chi connectivity index (χ0n) is 11.3. The average molecular weight is 312 g/mol. The molecule has 104 valence electrons. The zero-order chi connectivity index (χ0) is 14.4. The van der Waals surface area contributed by atoms with Gasteiger partial charge in [-0.3, -0.25) is 9.67 Å². The summed E-state index contributed by atoms with van der Waals surface area (Å²) < 4.78 is 4.32. The summed E-state index contributed by atoms with van der Waals surface area (Å²) in [7, 11) is 1.87. The van der Waals surface area contributed by atoms with Gasteiger partial charge in [-0.25, -0.2) is 0 Å². The van der Waals surface area contributed by atoms with Gasteiger partial charge in [-0.2, -0.15) is 5.10 Å². The van der Waals surface area contributed by atoms with Gasteiger partial charge in [0, 0.05) is 28.8 Å². The number of hydrogen-bond acceptors (Lipinski definition) is 5. The highest BCUT2D eigenvalue weighted by atomic mass is 32.1. The van der Waals surface area contributed by atoms with E-state index in [1.165, 1.54) is 9.40 Å². The molecule has 0 radical (unpaired) electrons. The fraction of sp³-hybridized carbons (Fsp3) is 0.0667. The predicted octanol–water partition coefficient (Wildman–Crippen LogP) is 4.01. The average Bonchev–Trinajstić information content (AvgIpc) is 3.14. The summed E-state index contributed by atoms with van der Waals surface area (Å²) in [5, 5.41) is 6.73. The molecule has 0 atom stereocenters. The Balaban J connectivity index is 1.97. The van der Waals surface area contributed by atoms with E-state index in [0.717, 1.165) is 21.7 Å². The monoisotopic (exact) mass is 312 g/mol. The number of nitrogens with two attached hydrogens (primary N) is 1. The van der Waals surface area contributed by atoms with Crippen molar-refractivity contribution in [2.45, 2.75) is 0 Å². The Morgan fingerprint density at radius 2 is 1.95 bits per heavy atom. The van der Waals surface area contributed by atoms with E-state index in [9.17, 15) is 0 Å². The van der Waals surface area contributed by atoms with Gasteiger partial charge in [0.1, 0.15) is 11.5 Å². The molecule has 4 nitrogen and oxygen atoms in total. The molecule has 0 aromatic carbocycles. The van der Waals surface area contributed by atoms with Crippen LogP contribution in [-0.2, 0) is 7.05 Å². The molecule has 0 fully saturated rings. The summed E-state index contributed by atoms with van der Waals surface area (Å²) in [5.41, 5.74) is 9.19. The minimum Gasteiger partial charge on any atom is -0.383 e. The minimum atomic E-state index is 0.674. The quantitative estimate of drug-likeness (QED) is 0.608. The van der Waals surface area contributed by atoms with Crippen LogP contribution in [-0.4, -0.2) is 14.8 Å². The van der Waals surface area contributed by atoms with Crippen LogP contribution in [0.5, 0.6) is 0 Å². The Morgan fingerprint density at radius 3 is 2.71 bits per heavy atom. The van der Waals surface area contributed by atoms with Crippen LogP contribution in [0, 0.1) is 0 Å². The lowest BCUT2D eigenvalue weighted by atomic mass is 10.1. The summed E-state index contributed by atoms with van der Waals surface area (Å²) in [6.07, 6.45) is 3.55. The fourth-order valence-electron chi connectivity index (χ4n) is 2.40. The first kappa shape index (κ1) is 12.6. The van der Waals surface area contributed by atoms with Crippen molar-refractivity contribution in [2.24, 2.45) is 7.05 Å². The summed E-state index contributed by atoms with van der Waals surface area (Å²) in [6.45, 7) is 0. The normalized spacial score (nSPS) is 11.3. The molecule has 2 N–H and O–H groups in total. The van der Waals surface area contributed by atoms with Gasteiger partial charge in [0.25, 0.3) is 0 Å². The maximum Gasteiger partial charge on any atom is 0.129 e. The van der Waals surface area contributed by atoms with Crippen molar-refractivity contribution in [3.05, 3.63) is 42.0 Å². The minimum absolute atomic E-state index is 0.674. The highest BCUT2D eigenvalue weighted by molar-refractivity contribution is 7.28. The van der Waals surface area contributed by atoms with Crippen LogP contribution in [0.3, 0.4) is 0 Å². The molecule has 4 aromatic rings. The molecule has 0 bridgehead atoms. The van der Waals surface area contributed by atoms with Crippen molar-refractivity contribution in [3.8, 4) is 21.7 Å². The number of fused-ring (bicyclic) bond motifs is 1. The molecule has 0 saturated heterocycles. The predicted molar refractivity (Wildman–Crippen MR) is 89.5 cm³/mol. The van der Waals surface area contributed by atoms with Gasteiger partial charge in [-0.1, -0.05) is 0 Å². The largest absolute Gasteiger partial charge is 0.383 e. The standard InChI is InChI=1S/C15H12N4S2/c1-19-15(16)13(9-2-5-17-6-3-9)14(18-19)12-8-11-10(21-12)4-7-20-11/h2-8H,16H2,1H3. The Bertz CT molecular complexity index is 889. The molecule has 0 amide bonds. The zero-order valence-corrected chi connectivity index (χ0v) is 12.9. The highest BCUT2D eigenvalue weighted by Crippen LogP contribution is 2.41. The van der Waals surface area contributed by atoms with Crippen molar-refractivity contribution in [1.82, 2.24) is 14.8 Å². The third-order valence-corrected chi connectivity index (χ3v) is 5.53. The maximum absolute atomic E-state index is 6.23. The van der Waals surface area contributed by atoms with E-state index in [2.05, 4.69) is 27.6 Å². The van der Waals surface area contributed by atoms with Crippen molar-refractivity contribution in [1.29, 1.82) is 0 Å². The van der Waals surface area contributed by atoms with Crippen LogP contribution in [0.2, 0.25) is 0 Å². The molecular formula is C15H12N4S2. The van der Waals surface area contributed by atoms with E-state index in [1.54, 1.807) is 39.7 Å². The lowest BCUT2D eigenvalue weighted by Gasteiger charge is -2.02. The second-order valence-corrected chi connectivity index (χ2v) is 6.76. The number of hydrogen-bond donors (Lipinski definition) is 1. The Hall–Kier alpha value is -2.18. The molecule has 0 spiro atoms. The second-order valence-electron chi connectivity index (χ2n) is 4.73.